The number of aliphatic hydroxyl groups is 2. The van der Waals surface area contributed by atoms with E-state index < -0.39 is 6.10 Å². The molecule has 0 heterocycles. The number of methoxy groups -OCH3 is 1. The van der Waals surface area contributed by atoms with E-state index in [-0.39, 0.29) is 12.7 Å². The standard InChI is InChI=1S/C14H31NO4/c1-4-5-13(6-7-16)8-15-9-14(17)11-19-12(2)10-18-3/h12-17H,4-11H2,1-3H3. The Hall–Kier alpha value is -0.200. The SMILES string of the molecule is CCCC(CCO)CNCC(O)COC(C)COC. The van der Waals surface area contributed by atoms with Gasteiger partial charge in [0.1, 0.15) is 0 Å². The molecule has 0 aliphatic carbocycles. The van der Waals surface area contributed by atoms with Gasteiger partial charge in [-0.05, 0) is 32.2 Å². The van der Waals surface area contributed by atoms with Gasteiger partial charge in [-0.1, -0.05) is 13.3 Å². The molecule has 0 aromatic carbocycles. The van der Waals surface area contributed by atoms with Gasteiger partial charge in [0.05, 0.1) is 25.4 Å². The van der Waals surface area contributed by atoms with Gasteiger partial charge in [0.15, 0.2) is 0 Å². The third kappa shape index (κ3) is 11.3. The second kappa shape index (κ2) is 12.8. The Bertz CT molecular complexity index is 186. The number of nitrogens with one attached hydrogen (secondary N) is 1. The maximum atomic E-state index is 9.76. The molecule has 5 nitrogen and oxygen atoms in total. The van der Waals surface area contributed by atoms with Crippen LogP contribution in [-0.2, 0) is 9.47 Å². The van der Waals surface area contributed by atoms with Gasteiger partial charge in [-0.25, -0.2) is 0 Å². The summed E-state index contributed by atoms with van der Waals surface area (Å²) in [5, 5.41) is 22.0. The number of hydrogen-bond acceptors (Lipinski definition) is 5. The second-order valence-corrected chi connectivity index (χ2v) is 5.08. The van der Waals surface area contributed by atoms with Crippen molar-refractivity contribution in [3.05, 3.63) is 0 Å². The molecule has 3 unspecified atom stereocenters. The molecule has 0 radical (unpaired) electrons. The molecule has 0 saturated carbocycles. The van der Waals surface area contributed by atoms with Crippen LogP contribution >= 0.6 is 0 Å². The van der Waals surface area contributed by atoms with E-state index in [1.807, 2.05) is 6.92 Å². The van der Waals surface area contributed by atoms with Crippen molar-refractivity contribution in [2.75, 3.05) is 40.0 Å². The minimum Gasteiger partial charge on any atom is -0.396 e. The molecule has 0 fully saturated rings. The molecule has 0 aliphatic rings. The molecule has 3 atom stereocenters. The molecule has 0 spiro atoms. The van der Waals surface area contributed by atoms with Gasteiger partial charge in [0.2, 0.25) is 0 Å². The van der Waals surface area contributed by atoms with Crippen molar-refractivity contribution in [2.24, 2.45) is 5.92 Å². The van der Waals surface area contributed by atoms with Gasteiger partial charge in [0, 0.05) is 20.3 Å². The van der Waals surface area contributed by atoms with Gasteiger partial charge in [-0.15, -0.1) is 0 Å². The van der Waals surface area contributed by atoms with E-state index in [1.54, 1.807) is 7.11 Å². The van der Waals surface area contributed by atoms with Crippen LogP contribution in [0, 0.1) is 5.92 Å². The topological polar surface area (TPSA) is 71.0 Å². The van der Waals surface area contributed by atoms with E-state index in [4.69, 9.17) is 14.6 Å². The summed E-state index contributed by atoms with van der Waals surface area (Å²) < 4.78 is 10.4. The van der Waals surface area contributed by atoms with E-state index in [0.717, 1.165) is 25.8 Å². The van der Waals surface area contributed by atoms with Crippen molar-refractivity contribution >= 4 is 0 Å². The molecule has 19 heavy (non-hydrogen) atoms. The van der Waals surface area contributed by atoms with Crippen LogP contribution in [0.5, 0.6) is 0 Å². The van der Waals surface area contributed by atoms with E-state index >= 15 is 0 Å². The summed E-state index contributed by atoms with van der Waals surface area (Å²) in [5.74, 6) is 0.482. The Morgan fingerprint density at radius 3 is 2.47 bits per heavy atom. The first-order valence-corrected chi connectivity index (χ1v) is 7.24. The molecule has 0 amide bonds. The highest BCUT2D eigenvalue weighted by molar-refractivity contribution is 4.65. The van der Waals surface area contributed by atoms with E-state index in [1.165, 1.54) is 0 Å². The lowest BCUT2D eigenvalue weighted by Crippen LogP contribution is -2.35. The molecule has 116 valence electrons. The average Bonchev–Trinajstić information content (AvgIpc) is 2.37. The minimum atomic E-state index is -0.504. The van der Waals surface area contributed by atoms with Crippen LogP contribution in [0.1, 0.15) is 33.1 Å². The fraction of sp³-hybridized carbons (Fsp3) is 1.00. The third-order valence-electron chi connectivity index (χ3n) is 3.02. The molecule has 3 N–H and O–H groups in total. The van der Waals surface area contributed by atoms with Crippen LogP contribution in [0.4, 0.5) is 0 Å². The predicted octanol–water partition coefficient (Wildman–Crippen LogP) is 0.787. The smallest absolute Gasteiger partial charge is 0.0897 e. The molecule has 5 heteroatoms. The van der Waals surface area contributed by atoms with Crippen molar-refractivity contribution in [3.63, 3.8) is 0 Å². The Morgan fingerprint density at radius 2 is 1.89 bits per heavy atom. The molecule has 0 aromatic rings. The lowest BCUT2D eigenvalue weighted by molar-refractivity contribution is -0.0312. The highest BCUT2D eigenvalue weighted by atomic mass is 16.5. The lowest BCUT2D eigenvalue weighted by atomic mass is 10.0. The fourth-order valence-electron chi connectivity index (χ4n) is 2.01. The second-order valence-electron chi connectivity index (χ2n) is 5.08. The molecule has 0 saturated heterocycles. The molecule has 0 rings (SSSR count). The minimum absolute atomic E-state index is 0.00174. The van der Waals surface area contributed by atoms with Crippen LogP contribution in [0.2, 0.25) is 0 Å². The molecule has 0 bridgehead atoms. The molecule has 0 aromatic heterocycles. The van der Waals surface area contributed by atoms with Crippen LogP contribution in [-0.4, -0.2) is 62.4 Å². The summed E-state index contributed by atoms with van der Waals surface area (Å²) in [6.45, 7) is 6.49. The zero-order valence-corrected chi connectivity index (χ0v) is 12.6. The normalized spacial score (nSPS) is 16.3. The number of aliphatic hydroxyl groups excluding tert-OH is 2. The monoisotopic (exact) mass is 277 g/mol. The van der Waals surface area contributed by atoms with Gasteiger partial charge < -0.3 is 25.0 Å². The lowest BCUT2D eigenvalue weighted by Gasteiger charge is -2.19. The van der Waals surface area contributed by atoms with E-state index in [9.17, 15) is 5.11 Å². The van der Waals surface area contributed by atoms with Crippen LogP contribution in [0.15, 0.2) is 0 Å². The Morgan fingerprint density at radius 1 is 1.16 bits per heavy atom. The molecular formula is C14H31NO4. The average molecular weight is 277 g/mol. The first-order chi connectivity index (χ1) is 9.13. The Balaban J connectivity index is 3.62. The summed E-state index contributed by atoms with van der Waals surface area (Å²) in [7, 11) is 1.63. The third-order valence-corrected chi connectivity index (χ3v) is 3.02. The van der Waals surface area contributed by atoms with Gasteiger partial charge in [-0.2, -0.15) is 0 Å². The van der Waals surface area contributed by atoms with Gasteiger partial charge in [-0.3, -0.25) is 0 Å². The summed E-state index contributed by atoms with van der Waals surface area (Å²) >= 11 is 0. The van der Waals surface area contributed by atoms with Crippen molar-refractivity contribution in [3.8, 4) is 0 Å². The summed E-state index contributed by atoms with van der Waals surface area (Å²) in [6, 6.07) is 0. The Labute approximate surface area is 117 Å². The predicted molar refractivity (Wildman–Crippen MR) is 76.3 cm³/mol. The van der Waals surface area contributed by atoms with E-state index in [2.05, 4.69) is 12.2 Å². The van der Waals surface area contributed by atoms with Crippen LogP contribution in [0.3, 0.4) is 0 Å². The van der Waals surface area contributed by atoms with Crippen molar-refractivity contribution in [1.82, 2.24) is 5.32 Å². The zero-order valence-electron chi connectivity index (χ0n) is 12.6. The van der Waals surface area contributed by atoms with Crippen LogP contribution in [0.25, 0.3) is 0 Å². The fourth-order valence-corrected chi connectivity index (χ4v) is 2.01. The summed E-state index contributed by atoms with van der Waals surface area (Å²) in [4.78, 5) is 0. The number of rotatable bonds is 13. The van der Waals surface area contributed by atoms with E-state index in [0.29, 0.717) is 25.7 Å². The zero-order chi connectivity index (χ0) is 14.5. The largest absolute Gasteiger partial charge is 0.396 e. The maximum Gasteiger partial charge on any atom is 0.0897 e. The Kier molecular flexibility index (Phi) is 12.7. The van der Waals surface area contributed by atoms with Crippen molar-refractivity contribution in [1.29, 1.82) is 0 Å². The summed E-state index contributed by atoms with van der Waals surface area (Å²) in [5.41, 5.74) is 0. The first-order valence-electron chi connectivity index (χ1n) is 7.24. The highest BCUT2D eigenvalue weighted by Crippen LogP contribution is 2.09. The van der Waals surface area contributed by atoms with Crippen molar-refractivity contribution in [2.45, 2.75) is 45.3 Å². The summed E-state index contributed by atoms with van der Waals surface area (Å²) in [6.07, 6.45) is 2.54. The van der Waals surface area contributed by atoms with Gasteiger partial charge in [0.25, 0.3) is 0 Å². The molecule has 0 aliphatic heterocycles. The van der Waals surface area contributed by atoms with Gasteiger partial charge >= 0.3 is 0 Å². The maximum absolute atomic E-state index is 9.76. The highest BCUT2D eigenvalue weighted by Gasteiger charge is 2.10. The number of hydrogen-bond donors (Lipinski definition) is 3. The first kappa shape index (κ1) is 18.8. The van der Waals surface area contributed by atoms with Crippen molar-refractivity contribution < 1.29 is 19.7 Å². The van der Waals surface area contributed by atoms with Crippen LogP contribution < -0.4 is 5.32 Å². The molecular weight excluding hydrogens is 246 g/mol. The number of ether oxygens (including phenoxy) is 2. The quantitative estimate of drug-likeness (QED) is 0.464.